The number of carbonyl (C=O) groups excluding carboxylic acids is 1. The van der Waals surface area contributed by atoms with E-state index in [1.807, 2.05) is 32.9 Å². The highest BCUT2D eigenvalue weighted by molar-refractivity contribution is 5.94. The van der Waals surface area contributed by atoms with E-state index in [0.717, 1.165) is 6.42 Å². The van der Waals surface area contributed by atoms with Crippen molar-refractivity contribution in [2.75, 3.05) is 6.54 Å². The predicted molar refractivity (Wildman–Crippen MR) is 108 cm³/mol. The van der Waals surface area contributed by atoms with Crippen LogP contribution in [-0.4, -0.2) is 26.9 Å². The average molecular weight is 381 g/mol. The summed E-state index contributed by atoms with van der Waals surface area (Å²) >= 11 is 0. The van der Waals surface area contributed by atoms with Crippen molar-refractivity contribution in [3.63, 3.8) is 0 Å². The fourth-order valence-electron chi connectivity index (χ4n) is 3.42. The molecule has 1 unspecified atom stereocenters. The Bertz CT molecular complexity index is 1040. The Morgan fingerprint density at radius 3 is 2.46 bits per heavy atom. The van der Waals surface area contributed by atoms with E-state index in [9.17, 15) is 14.0 Å². The fourth-order valence-corrected chi connectivity index (χ4v) is 3.42. The first-order valence-corrected chi connectivity index (χ1v) is 9.53. The number of benzene rings is 2. The summed E-state index contributed by atoms with van der Waals surface area (Å²) in [6.07, 6.45) is 0.751. The van der Waals surface area contributed by atoms with Crippen molar-refractivity contribution in [1.29, 1.82) is 0 Å². The summed E-state index contributed by atoms with van der Waals surface area (Å²) < 4.78 is 14.9. The van der Waals surface area contributed by atoms with Crippen molar-refractivity contribution in [1.82, 2.24) is 14.5 Å². The molecule has 6 heteroatoms. The molecule has 0 radical (unpaired) electrons. The summed E-state index contributed by atoms with van der Waals surface area (Å²) in [5, 5.41) is 0.562. The lowest BCUT2D eigenvalue weighted by atomic mass is 10.1. The zero-order chi connectivity index (χ0) is 20.3. The molecule has 1 aromatic heterocycles. The van der Waals surface area contributed by atoms with Gasteiger partial charge in [-0.1, -0.05) is 19.1 Å². The lowest BCUT2D eigenvalue weighted by Gasteiger charge is -2.30. The third-order valence-corrected chi connectivity index (χ3v) is 4.87. The molecule has 1 atom stereocenters. The molecule has 5 nitrogen and oxygen atoms in total. The van der Waals surface area contributed by atoms with E-state index in [4.69, 9.17) is 4.98 Å². The van der Waals surface area contributed by atoms with Crippen molar-refractivity contribution < 1.29 is 9.18 Å². The highest BCUT2D eigenvalue weighted by Crippen LogP contribution is 2.22. The van der Waals surface area contributed by atoms with Gasteiger partial charge in [0.15, 0.2) is 0 Å². The minimum absolute atomic E-state index is 0.111. The number of hydrogen-bond acceptors (Lipinski definition) is 3. The zero-order valence-corrected chi connectivity index (χ0v) is 16.4. The van der Waals surface area contributed by atoms with Gasteiger partial charge in [0, 0.05) is 18.7 Å². The van der Waals surface area contributed by atoms with Crippen LogP contribution in [0, 0.1) is 5.82 Å². The summed E-state index contributed by atoms with van der Waals surface area (Å²) in [6.45, 7) is 6.71. The predicted octanol–water partition coefficient (Wildman–Crippen LogP) is 4.17. The number of nitrogens with zero attached hydrogens (tertiary/aromatic N) is 3. The van der Waals surface area contributed by atoms with E-state index in [1.165, 1.54) is 24.3 Å². The van der Waals surface area contributed by atoms with E-state index in [-0.39, 0.29) is 17.3 Å². The van der Waals surface area contributed by atoms with Crippen LogP contribution in [0.1, 0.15) is 49.4 Å². The number of carbonyl (C=O) groups is 1. The van der Waals surface area contributed by atoms with Crippen molar-refractivity contribution in [2.24, 2.45) is 0 Å². The van der Waals surface area contributed by atoms with Crippen LogP contribution in [0.15, 0.2) is 53.3 Å². The van der Waals surface area contributed by atoms with Gasteiger partial charge < -0.3 is 4.90 Å². The van der Waals surface area contributed by atoms with Crippen LogP contribution in [0.2, 0.25) is 0 Å². The molecule has 0 aliphatic rings. The summed E-state index contributed by atoms with van der Waals surface area (Å²) in [5.74, 6) is -0.0443. The normalized spacial score (nSPS) is 12.1. The van der Waals surface area contributed by atoms with Crippen LogP contribution in [-0.2, 0) is 6.54 Å². The zero-order valence-electron chi connectivity index (χ0n) is 16.4. The minimum Gasteiger partial charge on any atom is -0.329 e. The second-order valence-electron chi connectivity index (χ2n) is 6.72. The van der Waals surface area contributed by atoms with Gasteiger partial charge in [-0.25, -0.2) is 9.37 Å². The Labute approximate surface area is 163 Å². The Kier molecular flexibility index (Phi) is 5.87. The molecule has 0 bridgehead atoms. The summed E-state index contributed by atoms with van der Waals surface area (Å²) in [6, 6.07) is 12.3. The molecular weight excluding hydrogens is 357 g/mol. The van der Waals surface area contributed by atoms with Crippen LogP contribution >= 0.6 is 0 Å². The maximum atomic E-state index is 13.2. The van der Waals surface area contributed by atoms with E-state index in [2.05, 4.69) is 0 Å². The van der Waals surface area contributed by atoms with Crippen LogP contribution in [0.4, 0.5) is 4.39 Å². The van der Waals surface area contributed by atoms with Gasteiger partial charge in [-0.3, -0.25) is 14.2 Å². The Morgan fingerprint density at radius 1 is 1.14 bits per heavy atom. The van der Waals surface area contributed by atoms with Crippen molar-refractivity contribution in [2.45, 2.75) is 39.8 Å². The number of hydrogen-bond donors (Lipinski definition) is 0. The number of fused-ring (bicyclic) bond motifs is 1. The summed E-state index contributed by atoms with van der Waals surface area (Å²) in [5.41, 5.74) is 0.915. The van der Waals surface area contributed by atoms with Crippen LogP contribution in [0.3, 0.4) is 0 Å². The van der Waals surface area contributed by atoms with Crippen molar-refractivity contribution in [3.8, 4) is 0 Å². The van der Waals surface area contributed by atoms with E-state index in [0.29, 0.717) is 35.4 Å². The molecule has 1 heterocycles. The molecule has 3 rings (SSSR count). The first kappa shape index (κ1) is 19.7. The van der Waals surface area contributed by atoms with Gasteiger partial charge in [0.1, 0.15) is 11.6 Å². The van der Waals surface area contributed by atoms with Gasteiger partial charge in [0.05, 0.1) is 16.9 Å². The van der Waals surface area contributed by atoms with Gasteiger partial charge >= 0.3 is 0 Å². The molecule has 0 saturated carbocycles. The number of rotatable bonds is 6. The average Bonchev–Trinajstić information content (AvgIpc) is 2.71. The highest BCUT2D eigenvalue weighted by atomic mass is 19.1. The topological polar surface area (TPSA) is 55.2 Å². The third-order valence-electron chi connectivity index (χ3n) is 4.87. The molecule has 0 saturated heterocycles. The van der Waals surface area contributed by atoms with Crippen LogP contribution in [0.5, 0.6) is 0 Å². The molecule has 0 spiro atoms. The molecule has 1 amide bonds. The molecule has 0 aliphatic carbocycles. The highest BCUT2D eigenvalue weighted by Gasteiger charge is 2.26. The Balaban J connectivity index is 2.08. The molecule has 3 aromatic rings. The van der Waals surface area contributed by atoms with E-state index < -0.39 is 6.04 Å². The van der Waals surface area contributed by atoms with Gasteiger partial charge in [-0.15, -0.1) is 0 Å². The first-order chi connectivity index (χ1) is 13.5. The van der Waals surface area contributed by atoms with E-state index >= 15 is 0 Å². The number of para-hydroxylation sites is 1. The maximum absolute atomic E-state index is 13.2. The van der Waals surface area contributed by atoms with Crippen molar-refractivity contribution >= 4 is 16.8 Å². The van der Waals surface area contributed by atoms with Crippen LogP contribution in [0.25, 0.3) is 10.9 Å². The van der Waals surface area contributed by atoms with Crippen molar-refractivity contribution in [3.05, 3.63) is 76.1 Å². The molecule has 0 N–H and O–H groups in total. The Morgan fingerprint density at radius 2 is 1.82 bits per heavy atom. The molecular formula is C22H24FN3O2. The molecule has 146 valence electrons. The van der Waals surface area contributed by atoms with E-state index in [1.54, 1.807) is 21.6 Å². The minimum atomic E-state index is -0.408. The molecule has 2 aromatic carbocycles. The Hall–Kier alpha value is -3.02. The lowest BCUT2D eigenvalue weighted by Crippen LogP contribution is -2.38. The molecule has 0 aliphatic heterocycles. The third kappa shape index (κ3) is 3.67. The first-order valence-electron chi connectivity index (χ1n) is 9.53. The van der Waals surface area contributed by atoms with Crippen LogP contribution < -0.4 is 5.56 Å². The SMILES string of the molecule is CCCN(C(=O)c1ccc(F)cc1)C(C)c1nc2ccccc2c(=O)n1CC. The monoisotopic (exact) mass is 381 g/mol. The smallest absolute Gasteiger partial charge is 0.261 e. The second kappa shape index (κ2) is 8.33. The van der Waals surface area contributed by atoms with Gasteiger partial charge in [-0.2, -0.15) is 0 Å². The maximum Gasteiger partial charge on any atom is 0.261 e. The fraction of sp³-hybridized carbons (Fsp3) is 0.318. The van der Waals surface area contributed by atoms with Gasteiger partial charge in [-0.05, 0) is 56.7 Å². The number of amides is 1. The largest absolute Gasteiger partial charge is 0.329 e. The number of halogens is 1. The van der Waals surface area contributed by atoms with Gasteiger partial charge in [0.25, 0.3) is 11.5 Å². The summed E-state index contributed by atoms with van der Waals surface area (Å²) in [7, 11) is 0. The second-order valence-corrected chi connectivity index (χ2v) is 6.72. The standard InChI is InChI=1S/C22H24FN3O2/c1-4-14-26(21(27)16-10-12-17(23)13-11-16)15(3)20-24-19-9-7-6-8-18(19)22(28)25(20)5-2/h6-13,15H,4-5,14H2,1-3H3. The molecule has 0 fully saturated rings. The lowest BCUT2D eigenvalue weighted by molar-refractivity contribution is 0.0679. The summed E-state index contributed by atoms with van der Waals surface area (Å²) in [4.78, 5) is 32.4. The quantitative estimate of drug-likeness (QED) is 0.644. The molecule has 28 heavy (non-hydrogen) atoms. The van der Waals surface area contributed by atoms with Gasteiger partial charge in [0.2, 0.25) is 0 Å². The number of aromatic nitrogens is 2.